The quantitative estimate of drug-likeness (QED) is 0.243. The second kappa shape index (κ2) is 8.95. The van der Waals surface area contributed by atoms with Gasteiger partial charge in [-0.2, -0.15) is 0 Å². The molecule has 0 saturated heterocycles. The van der Waals surface area contributed by atoms with Gasteiger partial charge in [0.1, 0.15) is 5.01 Å². The van der Waals surface area contributed by atoms with Crippen LogP contribution >= 0.6 is 34.7 Å². The van der Waals surface area contributed by atoms with E-state index in [0.29, 0.717) is 12.3 Å². The Labute approximate surface area is 183 Å². The lowest BCUT2D eigenvalue weighted by Gasteiger charge is -2.09. The first-order chi connectivity index (χ1) is 14.2. The summed E-state index contributed by atoms with van der Waals surface area (Å²) in [7, 11) is 0. The van der Waals surface area contributed by atoms with Gasteiger partial charge in [-0.25, -0.2) is 4.98 Å². The zero-order chi connectivity index (χ0) is 20.2. The highest BCUT2D eigenvalue weighted by atomic mass is 35.5. The molecule has 0 aliphatic heterocycles. The van der Waals surface area contributed by atoms with Crippen LogP contribution in [0, 0.1) is 6.92 Å². The van der Waals surface area contributed by atoms with E-state index in [1.54, 1.807) is 23.1 Å². The lowest BCUT2D eigenvalue weighted by molar-refractivity contribution is 0.730. The van der Waals surface area contributed by atoms with Crippen LogP contribution in [-0.2, 0) is 12.3 Å². The molecule has 0 saturated carbocycles. The maximum absolute atomic E-state index is 6.30. The Morgan fingerprint density at radius 2 is 1.86 bits per heavy atom. The van der Waals surface area contributed by atoms with Crippen LogP contribution in [0.15, 0.2) is 71.7 Å². The molecule has 2 aromatic heterocycles. The van der Waals surface area contributed by atoms with Crippen molar-refractivity contribution in [3.05, 3.63) is 82.8 Å². The van der Waals surface area contributed by atoms with Gasteiger partial charge in [0.05, 0.1) is 10.7 Å². The van der Waals surface area contributed by atoms with Crippen LogP contribution in [0.4, 0.5) is 0 Å². The minimum Gasteiger partial charge on any atom is -0.298 e. The monoisotopic (exact) mass is 438 g/mol. The van der Waals surface area contributed by atoms with Gasteiger partial charge in [0.2, 0.25) is 0 Å². The maximum atomic E-state index is 6.30. The fourth-order valence-corrected chi connectivity index (χ4v) is 5.07. The molecule has 4 rings (SSSR count). The van der Waals surface area contributed by atoms with E-state index >= 15 is 0 Å². The van der Waals surface area contributed by atoms with Gasteiger partial charge in [0, 0.05) is 28.8 Å². The second-order valence-corrected chi connectivity index (χ2v) is 8.64. The minimum atomic E-state index is 0.654. The largest absolute Gasteiger partial charge is 0.298 e. The smallest absolute Gasteiger partial charge is 0.192 e. The summed E-state index contributed by atoms with van der Waals surface area (Å²) in [4.78, 5) is 4.75. The summed E-state index contributed by atoms with van der Waals surface area (Å²) < 4.78 is 2.10. The van der Waals surface area contributed by atoms with Crippen molar-refractivity contribution in [2.24, 2.45) is 0 Å². The van der Waals surface area contributed by atoms with E-state index < -0.39 is 0 Å². The molecule has 0 aliphatic carbocycles. The highest BCUT2D eigenvalue weighted by Crippen LogP contribution is 2.32. The zero-order valence-corrected chi connectivity index (χ0v) is 18.3. The summed E-state index contributed by atoms with van der Waals surface area (Å²) in [5.41, 5.74) is 4.22. The van der Waals surface area contributed by atoms with Crippen LogP contribution in [0.5, 0.6) is 0 Å². The molecule has 4 nitrogen and oxygen atoms in total. The Hall–Kier alpha value is -2.41. The average Bonchev–Trinajstić information content (AvgIpc) is 3.35. The molecule has 0 radical (unpaired) electrons. The molecular weight excluding hydrogens is 420 g/mol. The standard InChI is InChI=1S/C22H19ClN4S2/c1-3-12-27-20(17-9-5-4-8-15(17)2)25-26-22(27)29-14-16-13-28-21(24-16)18-10-6-7-11-19(18)23/h3-11,13H,1,12,14H2,2H3. The third-order valence-corrected chi connectivity index (χ3v) is 6.67. The molecule has 2 aromatic carbocycles. The first-order valence-corrected chi connectivity index (χ1v) is 11.3. The fraction of sp³-hybridized carbons (Fsp3) is 0.136. The van der Waals surface area contributed by atoms with Gasteiger partial charge in [-0.1, -0.05) is 71.9 Å². The summed E-state index contributed by atoms with van der Waals surface area (Å²) in [6.07, 6.45) is 1.87. The molecule has 0 N–H and O–H groups in total. The lowest BCUT2D eigenvalue weighted by Crippen LogP contribution is -2.01. The topological polar surface area (TPSA) is 43.6 Å². The van der Waals surface area contributed by atoms with Gasteiger partial charge in [-0.15, -0.1) is 28.1 Å². The number of hydrogen-bond donors (Lipinski definition) is 0. The zero-order valence-electron chi connectivity index (χ0n) is 15.9. The molecule has 0 spiro atoms. The molecule has 7 heteroatoms. The predicted molar refractivity (Wildman–Crippen MR) is 123 cm³/mol. The number of aromatic nitrogens is 4. The fourth-order valence-electron chi connectivity index (χ4n) is 2.98. The van der Waals surface area contributed by atoms with Crippen molar-refractivity contribution in [3.8, 4) is 22.0 Å². The Morgan fingerprint density at radius 3 is 2.62 bits per heavy atom. The minimum absolute atomic E-state index is 0.654. The second-order valence-electron chi connectivity index (χ2n) is 6.43. The van der Waals surface area contributed by atoms with E-state index in [1.165, 1.54) is 5.56 Å². The number of thioether (sulfide) groups is 1. The highest BCUT2D eigenvalue weighted by Gasteiger charge is 2.16. The summed E-state index contributed by atoms with van der Waals surface area (Å²) >= 11 is 9.53. The van der Waals surface area contributed by atoms with Crippen LogP contribution in [0.3, 0.4) is 0 Å². The third kappa shape index (κ3) is 4.29. The number of benzene rings is 2. The van der Waals surface area contributed by atoms with Crippen molar-refractivity contribution >= 4 is 34.7 Å². The van der Waals surface area contributed by atoms with Crippen LogP contribution in [0.25, 0.3) is 22.0 Å². The van der Waals surface area contributed by atoms with Gasteiger partial charge in [0.15, 0.2) is 11.0 Å². The molecule has 2 heterocycles. The van der Waals surface area contributed by atoms with Gasteiger partial charge >= 0.3 is 0 Å². The Balaban J connectivity index is 1.56. The number of aryl methyl sites for hydroxylation is 1. The number of allylic oxidation sites excluding steroid dienone is 1. The number of halogens is 1. The SMILES string of the molecule is C=CCn1c(SCc2csc(-c3ccccc3Cl)n2)nnc1-c1ccccc1C. The Bertz CT molecular complexity index is 1150. The normalized spacial score (nSPS) is 11.0. The van der Waals surface area contributed by atoms with Gasteiger partial charge < -0.3 is 0 Å². The van der Waals surface area contributed by atoms with Gasteiger partial charge in [0.25, 0.3) is 0 Å². The molecule has 0 atom stereocenters. The number of thiazole rings is 1. The van der Waals surface area contributed by atoms with Crippen LogP contribution in [-0.4, -0.2) is 19.7 Å². The van der Waals surface area contributed by atoms with Crippen molar-refractivity contribution in [3.63, 3.8) is 0 Å². The molecule has 0 bridgehead atoms. The summed E-state index contributed by atoms with van der Waals surface area (Å²) in [6.45, 7) is 6.63. The summed E-state index contributed by atoms with van der Waals surface area (Å²) in [5, 5.41) is 13.5. The van der Waals surface area contributed by atoms with E-state index in [0.717, 1.165) is 37.8 Å². The molecule has 0 fully saturated rings. The van der Waals surface area contributed by atoms with Crippen LogP contribution < -0.4 is 0 Å². The van der Waals surface area contributed by atoms with Crippen molar-refractivity contribution in [2.75, 3.05) is 0 Å². The molecule has 0 unspecified atom stereocenters. The highest BCUT2D eigenvalue weighted by molar-refractivity contribution is 7.98. The Kier molecular flexibility index (Phi) is 6.13. The average molecular weight is 439 g/mol. The van der Waals surface area contributed by atoms with E-state index in [2.05, 4.69) is 45.8 Å². The number of hydrogen-bond acceptors (Lipinski definition) is 5. The predicted octanol–water partition coefficient (Wildman–Crippen LogP) is 6.51. The molecule has 29 heavy (non-hydrogen) atoms. The van der Waals surface area contributed by atoms with E-state index in [-0.39, 0.29) is 0 Å². The summed E-state index contributed by atoms with van der Waals surface area (Å²) in [5.74, 6) is 1.57. The first-order valence-electron chi connectivity index (χ1n) is 9.09. The van der Waals surface area contributed by atoms with Crippen molar-refractivity contribution in [2.45, 2.75) is 24.4 Å². The molecule has 146 valence electrons. The van der Waals surface area contributed by atoms with E-state index in [9.17, 15) is 0 Å². The van der Waals surface area contributed by atoms with E-state index in [4.69, 9.17) is 16.6 Å². The van der Waals surface area contributed by atoms with Crippen molar-refractivity contribution in [1.82, 2.24) is 19.7 Å². The number of rotatable bonds is 7. The third-order valence-electron chi connectivity index (χ3n) is 4.42. The molecule has 4 aromatic rings. The van der Waals surface area contributed by atoms with Crippen molar-refractivity contribution in [1.29, 1.82) is 0 Å². The van der Waals surface area contributed by atoms with Crippen LogP contribution in [0.2, 0.25) is 5.02 Å². The lowest BCUT2D eigenvalue weighted by atomic mass is 10.1. The molecule has 0 amide bonds. The molecular formula is C22H19ClN4S2. The van der Waals surface area contributed by atoms with E-state index in [1.807, 2.05) is 42.5 Å². The first kappa shape index (κ1) is 19.9. The van der Waals surface area contributed by atoms with Gasteiger partial charge in [-0.3, -0.25) is 4.57 Å². The van der Waals surface area contributed by atoms with Crippen LogP contribution in [0.1, 0.15) is 11.3 Å². The maximum Gasteiger partial charge on any atom is 0.192 e. The molecule has 0 aliphatic rings. The van der Waals surface area contributed by atoms with Crippen molar-refractivity contribution < 1.29 is 0 Å². The number of nitrogens with zero attached hydrogens (tertiary/aromatic N) is 4. The van der Waals surface area contributed by atoms with Gasteiger partial charge in [-0.05, 0) is 18.6 Å². The Morgan fingerprint density at radius 1 is 1.10 bits per heavy atom. The summed E-state index contributed by atoms with van der Waals surface area (Å²) in [6, 6.07) is 16.0.